The first-order valence-electron chi connectivity index (χ1n) is 6.51. The first-order valence-corrected chi connectivity index (χ1v) is 6.89. The van der Waals surface area contributed by atoms with Crippen molar-refractivity contribution in [3.8, 4) is 0 Å². The maximum Gasteiger partial charge on any atom is 0.304 e. The van der Waals surface area contributed by atoms with E-state index in [1.54, 1.807) is 18.2 Å². The number of aliphatic carboxylic acids is 1. The molecule has 0 radical (unpaired) electrons. The lowest BCUT2D eigenvalue weighted by molar-refractivity contribution is -0.137. The van der Waals surface area contributed by atoms with Crippen molar-refractivity contribution in [1.29, 1.82) is 0 Å². The van der Waals surface area contributed by atoms with Crippen LogP contribution in [-0.4, -0.2) is 34.5 Å². The van der Waals surface area contributed by atoms with Crippen molar-refractivity contribution in [2.24, 2.45) is 5.73 Å². The predicted molar refractivity (Wildman–Crippen MR) is 75.7 cm³/mol. The Morgan fingerprint density at radius 1 is 1.40 bits per heavy atom. The summed E-state index contributed by atoms with van der Waals surface area (Å²) in [4.78, 5) is 23.9. The normalized spacial score (nSPS) is 14.5. The molecule has 3 N–H and O–H groups in total. The molecule has 1 fully saturated rings. The minimum atomic E-state index is -0.800. The van der Waals surface area contributed by atoms with Crippen LogP contribution < -0.4 is 5.73 Å². The Hall–Kier alpha value is -1.59. The van der Waals surface area contributed by atoms with Gasteiger partial charge in [-0.3, -0.25) is 14.5 Å². The average molecular weight is 297 g/mol. The van der Waals surface area contributed by atoms with Gasteiger partial charge in [0.2, 0.25) is 5.91 Å². The van der Waals surface area contributed by atoms with Crippen LogP contribution in [0, 0.1) is 0 Å². The Bertz CT molecular complexity index is 529. The number of amides is 1. The van der Waals surface area contributed by atoms with Crippen LogP contribution in [0.25, 0.3) is 0 Å². The van der Waals surface area contributed by atoms with Crippen LogP contribution in [0.5, 0.6) is 0 Å². The largest absolute Gasteiger partial charge is 0.481 e. The molecule has 0 bridgehead atoms. The zero-order chi connectivity index (χ0) is 14.7. The molecule has 1 saturated carbocycles. The molecule has 0 heterocycles. The van der Waals surface area contributed by atoms with Gasteiger partial charge in [0, 0.05) is 29.7 Å². The zero-order valence-corrected chi connectivity index (χ0v) is 11.8. The quantitative estimate of drug-likeness (QED) is 0.804. The molecule has 5 nitrogen and oxygen atoms in total. The number of hydrogen-bond donors (Lipinski definition) is 2. The third-order valence-electron chi connectivity index (χ3n) is 3.39. The number of primary amides is 1. The van der Waals surface area contributed by atoms with Crippen LogP contribution in [0.3, 0.4) is 0 Å². The summed E-state index contributed by atoms with van der Waals surface area (Å²) in [6.45, 7) is 1.10. The second kappa shape index (κ2) is 6.24. The minimum Gasteiger partial charge on any atom is -0.481 e. The van der Waals surface area contributed by atoms with E-state index >= 15 is 0 Å². The number of carbonyl (C=O) groups excluding carboxylic acids is 1. The molecule has 1 aromatic carbocycles. The van der Waals surface area contributed by atoms with Crippen molar-refractivity contribution in [3.05, 3.63) is 34.3 Å². The molecule has 1 aliphatic rings. The van der Waals surface area contributed by atoms with Gasteiger partial charge in [-0.15, -0.1) is 0 Å². The third kappa shape index (κ3) is 3.95. The van der Waals surface area contributed by atoms with Gasteiger partial charge < -0.3 is 10.8 Å². The maximum absolute atomic E-state index is 11.1. The van der Waals surface area contributed by atoms with Crippen molar-refractivity contribution in [2.45, 2.75) is 31.8 Å². The van der Waals surface area contributed by atoms with Gasteiger partial charge in [0.05, 0.1) is 6.42 Å². The van der Waals surface area contributed by atoms with Crippen LogP contribution in [0.15, 0.2) is 18.2 Å². The van der Waals surface area contributed by atoms with E-state index in [-0.39, 0.29) is 6.42 Å². The van der Waals surface area contributed by atoms with Crippen LogP contribution in [0.1, 0.15) is 35.2 Å². The third-order valence-corrected chi connectivity index (χ3v) is 3.74. The Labute approximate surface area is 122 Å². The number of carbonyl (C=O) groups is 2. The molecule has 20 heavy (non-hydrogen) atoms. The van der Waals surface area contributed by atoms with Gasteiger partial charge in [-0.1, -0.05) is 17.7 Å². The van der Waals surface area contributed by atoms with Gasteiger partial charge in [0.25, 0.3) is 0 Å². The average Bonchev–Trinajstić information content (AvgIpc) is 3.19. The lowest BCUT2D eigenvalue weighted by Gasteiger charge is -2.21. The van der Waals surface area contributed by atoms with Gasteiger partial charge in [-0.25, -0.2) is 0 Å². The molecule has 0 aliphatic heterocycles. The number of nitrogens with zero attached hydrogens (tertiary/aromatic N) is 1. The van der Waals surface area contributed by atoms with Gasteiger partial charge in [0.1, 0.15) is 0 Å². The fraction of sp³-hybridized carbons (Fsp3) is 0.429. The minimum absolute atomic E-state index is 0.119. The fourth-order valence-corrected chi connectivity index (χ4v) is 2.36. The number of halogens is 1. The number of rotatable bonds is 7. The van der Waals surface area contributed by atoms with Crippen molar-refractivity contribution < 1.29 is 14.7 Å². The highest BCUT2D eigenvalue weighted by Crippen LogP contribution is 2.30. The maximum atomic E-state index is 11.1. The van der Waals surface area contributed by atoms with Gasteiger partial charge in [-0.05, 0) is 30.5 Å². The number of nitrogens with two attached hydrogens (primary N) is 1. The second-order valence-corrected chi connectivity index (χ2v) is 5.42. The summed E-state index contributed by atoms with van der Waals surface area (Å²) in [7, 11) is 0. The highest BCUT2D eigenvalue weighted by atomic mass is 35.5. The van der Waals surface area contributed by atoms with E-state index in [2.05, 4.69) is 4.90 Å². The van der Waals surface area contributed by atoms with Crippen molar-refractivity contribution in [2.75, 3.05) is 6.54 Å². The summed E-state index contributed by atoms with van der Waals surface area (Å²) in [6, 6.07) is 5.42. The molecule has 6 heteroatoms. The Kier molecular flexibility index (Phi) is 4.62. The summed E-state index contributed by atoms with van der Waals surface area (Å²) in [5.74, 6) is -1.31. The van der Waals surface area contributed by atoms with E-state index in [1.165, 1.54) is 0 Å². The van der Waals surface area contributed by atoms with Gasteiger partial charge in [0.15, 0.2) is 0 Å². The van der Waals surface area contributed by atoms with Crippen LogP contribution >= 0.6 is 11.6 Å². The first-order chi connectivity index (χ1) is 9.47. The second-order valence-electron chi connectivity index (χ2n) is 5.02. The molecule has 1 aliphatic carbocycles. The molecule has 0 atom stereocenters. The van der Waals surface area contributed by atoms with Crippen molar-refractivity contribution >= 4 is 23.5 Å². The Morgan fingerprint density at radius 3 is 2.60 bits per heavy atom. The van der Waals surface area contributed by atoms with Crippen molar-refractivity contribution in [3.63, 3.8) is 0 Å². The number of benzene rings is 1. The van der Waals surface area contributed by atoms with E-state index in [0.717, 1.165) is 18.4 Å². The lowest BCUT2D eigenvalue weighted by Crippen LogP contribution is -2.28. The van der Waals surface area contributed by atoms with Gasteiger partial charge >= 0.3 is 5.97 Å². The number of carboxylic acids is 1. The molecule has 1 aromatic rings. The first kappa shape index (κ1) is 14.8. The van der Waals surface area contributed by atoms with Gasteiger partial charge in [-0.2, -0.15) is 0 Å². The smallest absolute Gasteiger partial charge is 0.304 e. The highest BCUT2D eigenvalue weighted by Gasteiger charge is 2.29. The Balaban J connectivity index is 2.06. The summed E-state index contributed by atoms with van der Waals surface area (Å²) >= 11 is 6.15. The fourth-order valence-electron chi connectivity index (χ4n) is 2.12. The SMILES string of the molecule is NC(=O)c1ccc(CN(CCC(=O)O)C2CC2)c(Cl)c1. The highest BCUT2D eigenvalue weighted by molar-refractivity contribution is 6.31. The number of hydrogen-bond acceptors (Lipinski definition) is 3. The molecule has 0 spiro atoms. The topological polar surface area (TPSA) is 83.6 Å². The lowest BCUT2D eigenvalue weighted by atomic mass is 10.1. The van der Waals surface area contributed by atoms with Crippen LogP contribution in [-0.2, 0) is 11.3 Å². The van der Waals surface area contributed by atoms with E-state index in [9.17, 15) is 9.59 Å². The zero-order valence-electron chi connectivity index (χ0n) is 11.0. The summed E-state index contributed by atoms with van der Waals surface area (Å²) < 4.78 is 0. The molecular formula is C14H17ClN2O3. The van der Waals surface area contributed by atoms with Crippen LogP contribution in [0.4, 0.5) is 0 Å². The molecule has 1 amide bonds. The molecule has 108 valence electrons. The van der Waals surface area contributed by atoms with Crippen LogP contribution in [0.2, 0.25) is 5.02 Å². The standard InChI is InChI=1S/C14H17ClN2O3/c15-12-7-9(14(16)20)1-2-10(12)8-17(11-3-4-11)6-5-13(18)19/h1-2,7,11H,3-6,8H2,(H2,16,20)(H,18,19). The Morgan fingerprint density at radius 2 is 2.10 bits per heavy atom. The molecule has 0 aromatic heterocycles. The van der Waals surface area contributed by atoms with E-state index in [0.29, 0.717) is 29.7 Å². The predicted octanol–water partition coefficient (Wildman–Crippen LogP) is 1.88. The molecule has 0 unspecified atom stereocenters. The summed E-state index contributed by atoms with van der Waals surface area (Å²) in [5.41, 5.74) is 6.46. The summed E-state index contributed by atoms with van der Waals surface area (Å²) in [6.07, 6.45) is 2.31. The van der Waals surface area contributed by atoms with E-state index in [4.69, 9.17) is 22.4 Å². The number of carboxylic acid groups (broad SMARTS) is 1. The molecular weight excluding hydrogens is 280 g/mol. The summed E-state index contributed by atoms with van der Waals surface area (Å²) in [5, 5.41) is 9.27. The molecule has 0 saturated heterocycles. The molecule has 2 rings (SSSR count). The van der Waals surface area contributed by atoms with E-state index in [1.807, 2.05) is 0 Å². The van der Waals surface area contributed by atoms with E-state index < -0.39 is 11.9 Å². The monoisotopic (exact) mass is 296 g/mol. The van der Waals surface area contributed by atoms with Crippen molar-refractivity contribution in [1.82, 2.24) is 4.90 Å².